The molecule has 0 aliphatic heterocycles. The number of hydrogen-bond acceptors (Lipinski definition) is 2. The highest BCUT2D eigenvalue weighted by atomic mass is 16.1. The van der Waals surface area contributed by atoms with Gasteiger partial charge < -0.3 is 10.6 Å². The molecule has 2 aromatic rings. The molecule has 2 N–H and O–H groups in total. The van der Waals surface area contributed by atoms with Gasteiger partial charge in [0.1, 0.15) is 0 Å². The molecule has 0 bridgehead atoms. The molecule has 1 amide bonds. The summed E-state index contributed by atoms with van der Waals surface area (Å²) >= 11 is 0. The van der Waals surface area contributed by atoms with Crippen molar-refractivity contribution in [2.75, 3.05) is 17.2 Å². The van der Waals surface area contributed by atoms with E-state index in [2.05, 4.69) is 55.7 Å². The van der Waals surface area contributed by atoms with Gasteiger partial charge in [-0.25, -0.2) is 0 Å². The summed E-state index contributed by atoms with van der Waals surface area (Å²) < 4.78 is 0. The Bertz CT molecular complexity index is 692. The molecule has 2 aromatic carbocycles. The van der Waals surface area contributed by atoms with Crippen LogP contribution in [0.1, 0.15) is 35.6 Å². The fourth-order valence-electron chi connectivity index (χ4n) is 2.74. The summed E-state index contributed by atoms with van der Waals surface area (Å²) in [4.78, 5) is 12.1. The zero-order valence-electron chi connectivity index (χ0n) is 14.5. The van der Waals surface area contributed by atoms with E-state index in [0.29, 0.717) is 13.0 Å². The fourth-order valence-corrected chi connectivity index (χ4v) is 2.74. The van der Waals surface area contributed by atoms with Gasteiger partial charge in [0.25, 0.3) is 0 Å². The Morgan fingerprint density at radius 2 is 1.83 bits per heavy atom. The second-order valence-electron chi connectivity index (χ2n) is 6.01. The molecule has 0 radical (unpaired) electrons. The highest BCUT2D eigenvalue weighted by Crippen LogP contribution is 2.21. The highest BCUT2D eigenvalue weighted by molar-refractivity contribution is 5.91. The van der Waals surface area contributed by atoms with Crippen LogP contribution in [0.4, 0.5) is 11.4 Å². The van der Waals surface area contributed by atoms with Crippen LogP contribution in [0.2, 0.25) is 0 Å². The summed E-state index contributed by atoms with van der Waals surface area (Å²) in [6.45, 7) is 8.94. The molecule has 0 heterocycles. The zero-order chi connectivity index (χ0) is 16.8. The molecule has 0 spiro atoms. The lowest BCUT2D eigenvalue weighted by atomic mass is 10.1. The van der Waals surface area contributed by atoms with Crippen molar-refractivity contribution >= 4 is 17.3 Å². The van der Waals surface area contributed by atoms with E-state index in [0.717, 1.165) is 23.4 Å². The first-order valence-electron chi connectivity index (χ1n) is 8.20. The van der Waals surface area contributed by atoms with Crippen LogP contribution in [0.3, 0.4) is 0 Å². The van der Waals surface area contributed by atoms with Crippen molar-refractivity contribution in [2.45, 2.75) is 40.5 Å². The van der Waals surface area contributed by atoms with Crippen LogP contribution in [0.15, 0.2) is 36.4 Å². The van der Waals surface area contributed by atoms with Crippen LogP contribution in [0.25, 0.3) is 0 Å². The van der Waals surface area contributed by atoms with Gasteiger partial charge in [-0.1, -0.05) is 42.8 Å². The van der Waals surface area contributed by atoms with Crippen LogP contribution in [-0.2, 0) is 11.2 Å². The van der Waals surface area contributed by atoms with E-state index in [1.807, 2.05) is 19.1 Å². The molecule has 0 fully saturated rings. The molecule has 122 valence electrons. The largest absolute Gasteiger partial charge is 0.384 e. The average Bonchev–Trinajstić information content (AvgIpc) is 2.51. The second-order valence-corrected chi connectivity index (χ2v) is 6.01. The van der Waals surface area contributed by atoms with Crippen LogP contribution in [-0.4, -0.2) is 12.5 Å². The summed E-state index contributed by atoms with van der Waals surface area (Å²) in [5.74, 6) is 0.0380. The van der Waals surface area contributed by atoms with Crippen LogP contribution in [0, 0.1) is 20.8 Å². The van der Waals surface area contributed by atoms with E-state index < -0.39 is 0 Å². The molecule has 0 aliphatic rings. The summed E-state index contributed by atoms with van der Waals surface area (Å²) in [5.41, 5.74) is 6.87. The molecule has 3 nitrogen and oxygen atoms in total. The Labute approximate surface area is 139 Å². The number of para-hydroxylation sites is 1. The van der Waals surface area contributed by atoms with E-state index >= 15 is 0 Å². The molecular formula is C20H26N2O. The maximum Gasteiger partial charge on any atom is 0.226 e. The van der Waals surface area contributed by atoms with E-state index in [9.17, 15) is 4.79 Å². The van der Waals surface area contributed by atoms with Gasteiger partial charge in [-0.05, 0) is 49.9 Å². The molecule has 0 unspecified atom stereocenters. The van der Waals surface area contributed by atoms with Gasteiger partial charge in [-0.2, -0.15) is 0 Å². The lowest BCUT2D eigenvalue weighted by Gasteiger charge is -2.14. The van der Waals surface area contributed by atoms with E-state index in [1.165, 1.54) is 16.7 Å². The average molecular weight is 310 g/mol. The molecule has 0 aliphatic carbocycles. The van der Waals surface area contributed by atoms with Crippen molar-refractivity contribution in [3.8, 4) is 0 Å². The zero-order valence-corrected chi connectivity index (χ0v) is 14.5. The lowest BCUT2D eigenvalue weighted by Crippen LogP contribution is -2.17. The van der Waals surface area contributed by atoms with Gasteiger partial charge >= 0.3 is 0 Å². The van der Waals surface area contributed by atoms with Gasteiger partial charge in [0.05, 0.1) is 0 Å². The van der Waals surface area contributed by atoms with Gasteiger partial charge in [0.2, 0.25) is 5.91 Å². The van der Waals surface area contributed by atoms with Crippen molar-refractivity contribution < 1.29 is 4.79 Å². The van der Waals surface area contributed by atoms with E-state index in [4.69, 9.17) is 0 Å². The smallest absolute Gasteiger partial charge is 0.226 e. The topological polar surface area (TPSA) is 41.1 Å². The maximum absolute atomic E-state index is 12.1. The Morgan fingerprint density at radius 3 is 2.52 bits per heavy atom. The minimum Gasteiger partial charge on any atom is -0.384 e. The number of carbonyl (C=O) groups is 1. The molecule has 23 heavy (non-hydrogen) atoms. The Morgan fingerprint density at radius 1 is 1.04 bits per heavy atom. The molecule has 3 heteroatoms. The van der Waals surface area contributed by atoms with Crippen molar-refractivity contribution in [2.24, 2.45) is 0 Å². The second kappa shape index (κ2) is 7.82. The number of amides is 1. The Hall–Kier alpha value is -2.29. The quantitative estimate of drug-likeness (QED) is 0.817. The Kier molecular flexibility index (Phi) is 5.80. The maximum atomic E-state index is 12.1. The fraction of sp³-hybridized carbons (Fsp3) is 0.350. The third-order valence-electron chi connectivity index (χ3n) is 4.05. The summed E-state index contributed by atoms with van der Waals surface area (Å²) in [7, 11) is 0. The number of benzene rings is 2. The van der Waals surface area contributed by atoms with Gasteiger partial charge in [0.15, 0.2) is 0 Å². The predicted molar refractivity (Wildman–Crippen MR) is 98.2 cm³/mol. The molecule has 2 rings (SSSR count). The third-order valence-corrected chi connectivity index (χ3v) is 4.05. The van der Waals surface area contributed by atoms with Crippen molar-refractivity contribution in [1.82, 2.24) is 0 Å². The number of anilines is 2. The molecule has 0 saturated heterocycles. The number of carbonyl (C=O) groups excluding carboxylic acids is 1. The van der Waals surface area contributed by atoms with E-state index in [-0.39, 0.29) is 5.91 Å². The standard InChI is InChI=1S/C20H26N2O/c1-5-17-8-6-7-15(3)20(17)21-12-11-19(23)22-18-10-9-14(2)13-16(18)4/h6-10,13,21H,5,11-12H2,1-4H3,(H,22,23). The lowest BCUT2D eigenvalue weighted by molar-refractivity contribution is -0.115. The van der Waals surface area contributed by atoms with Gasteiger partial charge in [0, 0.05) is 24.3 Å². The van der Waals surface area contributed by atoms with Gasteiger partial charge in [-0.15, -0.1) is 0 Å². The molecular weight excluding hydrogens is 284 g/mol. The molecule has 0 atom stereocenters. The SMILES string of the molecule is CCc1cccc(C)c1NCCC(=O)Nc1ccc(C)cc1C. The van der Waals surface area contributed by atoms with Crippen molar-refractivity contribution in [3.63, 3.8) is 0 Å². The van der Waals surface area contributed by atoms with E-state index in [1.54, 1.807) is 0 Å². The third kappa shape index (κ3) is 4.59. The van der Waals surface area contributed by atoms with Crippen molar-refractivity contribution in [1.29, 1.82) is 0 Å². The van der Waals surface area contributed by atoms with Gasteiger partial charge in [-0.3, -0.25) is 4.79 Å². The minimum absolute atomic E-state index is 0.0380. The molecule has 0 saturated carbocycles. The first-order valence-corrected chi connectivity index (χ1v) is 8.20. The number of nitrogens with one attached hydrogen (secondary N) is 2. The summed E-state index contributed by atoms with van der Waals surface area (Å²) in [6.07, 6.45) is 1.43. The Balaban J connectivity index is 1.90. The first-order chi connectivity index (χ1) is 11.0. The predicted octanol–water partition coefficient (Wildman–Crippen LogP) is 4.61. The minimum atomic E-state index is 0.0380. The number of rotatable bonds is 6. The normalized spacial score (nSPS) is 10.4. The first kappa shape index (κ1) is 17.1. The van der Waals surface area contributed by atoms with Crippen LogP contribution in [0.5, 0.6) is 0 Å². The number of aryl methyl sites for hydroxylation is 4. The molecule has 0 aromatic heterocycles. The number of hydrogen-bond donors (Lipinski definition) is 2. The summed E-state index contributed by atoms with van der Waals surface area (Å²) in [6, 6.07) is 12.4. The highest BCUT2D eigenvalue weighted by Gasteiger charge is 2.07. The monoisotopic (exact) mass is 310 g/mol. The van der Waals surface area contributed by atoms with Crippen molar-refractivity contribution in [3.05, 3.63) is 58.7 Å². The van der Waals surface area contributed by atoms with Crippen LogP contribution < -0.4 is 10.6 Å². The summed E-state index contributed by atoms with van der Waals surface area (Å²) in [5, 5.41) is 6.40. The van der Waals surface area contributed by atoms with Crippen LogP contribution >= 0.6 is 0 Å².